The van der Waals surface area contributed by atoms with Gasteiger partial charge in [0, 0.05) is 44.0 Å². The van der Waals surface area contributed by atoms with E-state index in [1.807, 2.05) is 31.2 Å². The van der Waals surface area contributed by atoms with Gasteiger partial charge in [0.1, 0.15) is 23.1 Å². The summed E-state index contributed by atoms with van der Waals surface area (Å²) in [7, 11) is -3.33. The molecule has 3 aromatic rings. The molecule has 0 spiro atoms. The van der Waals surface area contributed by atoms with Crippen LogP contribution in [-0.2, 0) is 16.6 Å². The summed E-state index contributed by atoms with van der Waals surface area (Å²) in [5.74, 6) is -0.151. The molecule has 1 aliphatic heterocycles. The zero-order chi connectivity index (χ0) is 29.4. The highest BCUT2D eigenvalue weighted by molar-refractivity contribution is 7.92. The number of nitrogens with zero attached hydrogens (tertiary/aromatic N) is 2. The van der Waals surface area contributed by atoms with Gasteiger partial charge in [-0.25, -0.2) is 22.0 Å². The number of nitrogens with one attached hydrogen (secondary N) is 2. The average molecular weight is 623 g/mol. The molecule has 42 heavy (non-hydrogen) atoms. The summed E-state index contributed by atoms with van der Waals surface area (Å²) in [4.78, 5) is 16.8. The van der Waals surface area contributed by atoms with Crippen LogP contribution in [-0.4, -0.2) is 51.3 Å². The maximum Gasteiger partial charge on any atom is 0.322 e. The number of halogens is 3. The number of unbranched alkanes of at least 4 members (excludes halogenated alkanes) is 1. The topological polar surface area (TPSA) is 91.0 Å². The number of benzene rings is 3. The van der Waals surface area contributed by atoms with Crippen LogP contribution in [0.2, 0.25) is 0 Å². The first kappa shape index (κ1) is 33.1. The summed E-state index contributed by atoms with van der Waals surface area (Å²) < 4.78 is 58.6. The number of sulfonamides is 1. The largest absolute Gasteiger partial charge is 0.457 e. The Labute approximate surface area is 252 Å². The van der Waals surface area contributed by atoms with Gasteiger partial charge in [-0.3, -0.25) is 14.5 Å². The van der Waals surface area contributed by atoms with Gasteiger partial charge in [-0.15, -0.1) is 12.4 Å². The van der Waals surface area contributed by atoms with Crippen LogP contribution in [0, 0.1) is 11.6 Å². The van der Waals surface area contributed by atoms with Gasteiger partial charge in [-0.05, 0) is 73.4 Å². The number of rotatable bonds is 11. The van der Waals surface area contributed by atoms with Crippen LogP contribution in [0.25, 0.3) is 0 Å². The van der Waals surface area contributed by atoms with Crippen molar-refractivity contribution < 1.29 is 26.7 Å². The Hall–Kier alpha value is -3.41. The van der Waals surface area contributed by atoms with Gasteiger partial charge < -0.3 is 10.1 Å². The molecule has 0 bridgehead atoms. The van der Waals surface area contributed by atoms with Crippen molar-refractivity contribution in [1.29, 1.82) is 0 Å². The first-order valence-electron chi connectivity index (χ1n) is 13.7. The summed E-state index contributed by atoms with van der Waals surface area (Å²) >= 11 is 0. The fourth-order valence-electron chi connectivity index (χ4n) is 4.71. The monoisotopic (exact) mass is 622 g/mol. The number of urea groups is 1. The van der Waals surface area contributed by atoms with E-state index in [0.29, 0.717) is 23.7 Å². The molecule has 0 atom stereocenters. The average Bonchev–Trinajstić information content (AvgIpc) is 2.91. The number of carbonyl (C=O) groups is 1. The van der Waals surface area contributed by atoms with Crippen molar-refractivity contribution in [3.05, 3.63) is 83.9 Å². The predicted octanol–water partition coefficient (Wildman–Crippen LogP) is 6.53. The number of hydrogen-bond donors (Lipinski definition) is 2. The quantitative estimate of drug-likeness (QED) is 0.254. The standard InChI is InChI=1S/C30H36F2N4O4S.ClH/c1-3-4-15-36(27-19-23(31)18-24(32)20-27)30(37)33-25-13-16-35(17-14-25)21-22-5-9-28(10-6-22)40-29-11-7-26(8-12-29)34-41(2,38)39;/h5-12,18-20,25,34H,3-4,13-17,21H2,1-2H3,(H,33,37);1H. The summed E-state index contributed by atoms with van der Waals surface area (Å²) in [6.45, 7) is 4.76. The van der Waals surface area contributed by atoms with Gasteiger partial charge in [0.05, 0.1) is 11.9 Å². The van der Waals surface area contributed by atoms with Gasteiger partial charge >= 0.3 is 6.03 Å². The highest BCUT2D eigenvalue weighted by Crippen LogP contribution is 2.25. The lowest BCUT2D eigenvalue weighted by Crippen LogP contribution is -2.49. The molecule has 1 fully saturated rings. The molecule has 2 amide bonds. The van der Waals surface area contributed by atoms with E-state index < -0.39 is 21.7 Å². The number of amides is 2. The normalized spacial score (nSPS) is 14.1. The lowest BCUT2D eigenvalue weighted by Gasteiger charge is -2.34. The number of carbonyl (C=O) groups excluding carboxylic acids is 1. The molecular weight excluding hydrogens is 586 g/mol. The predicted molar refractivity (Wildman–Crippen MR) is 164 cm³/mol. The first-order chi connectivity index (χ1) is 19.6. The van der Waals surface area contributed by atoms with Crippen LogP contribution >= 0.6 is 12.4 Å². The van der Waals surface area contributed by atoms with E-state index >= 15 is 0 Å². The Morgan fingerprint density at radius 3 is 2.10 bits per heavy atom. The van der Waals surface area contributed by atoms with E-state index in [4.69, 9.17) is 4.74 Å². The molecule has 12 heteroatoms. The fourth-order valence-corrected chi connectivity index (χ4v) is 5.27. The lowest BCUT2D eigenvalue weighted by molar-refractivity contribution is 0.188. The molecule has 0 radical (unpaired) electrons. The SMILES string of the molecule is CCCCN(C(=O)NC1CCN(Cc2ccc(Oc3ccc(NS(C)(=O)=O)cc3)cc2)CC1)c1cc(F)cc(F)c1.Cl. The zero-order valence-electron chi connectivity index (χ0n) is 23.7. The molecular formula is C30H37ClF2N4O4S. The zero-order valence-corrected chi connectivity index (χ0v) is 25.3. The summed E-state index contributed by atoms with van der Waals surface area (Å²) in [5.41, 5.74) is 1.82. The molecule has 2 N–H and O–H groups in total. The number of piperidine rings is 1. The molecule has 228 valence electrons. The molecule has 1 heterocycles. The van der Waals surface area contributed by atoms with E-state index in [0.717, 1.165) is 63.2 Å². The van der Waals surface area contributed by atoms with Gasteiger partial charge in [-0.2, -0.15) is 0 Å². The van der Waals surface area contributed by atoms with Gasteiger partial charge in [-0.1, -0.05) is 25.5 Å². The molecule has 8 nitrogen and oxygen atoms in total. The van der Waals surface area contributed by atoms with Gasteiger partial charge in [0.15, 0.2) is 0 Å². The van der Waals surface area contributed by atoms with Crippen molar-refractivity contribution in [3.63, 3.8) is 0 Å². The Balaban J connectivity index is 0.00000484. The second kappa shape index (κ2) is 15.2. The number of hydrogen-bond acceptors (Lipinski definition) is 5. The maximum absolute atomic E-state index is 13.8. The maximum atomic E-state index is 13.8. The Bertz CT molecular complexity index is 1400. The van der Waals surface area contributed by atoms with Crippen LogP contribution in [0.1, 0.15) is 38.2 Å². The highest BCUT2D eigenvalue weighted by Gasteiger charge is 2.24. The van der Waals surface area contributed by atoms with Crippen LogP contribution in [0.15, 0.2) is 66.7 Å². The Morgan fingerprint density at radius 1 is 0.976 bits per heavy atom. The summed E-state index contributed by atoms with van der Waals surface area (Å²) in [5, 5.41) is 3.06. The third-order valence-electron chi connectivity index (χ3n) is 6.78. The highest BCUT2D eigenvalue weighted by atomic mass is 35.5. The number of likely N-dealkylation sites (tertiary alicyclic amines) is 1. The minimum atomic E-state index is -3.33. The number of ether oxygens (including phenoxy) is 1. The fraction of sp³-hybridized carbons (Fsp3) is 0.367. The van der Waals surface area contributed by atoms with Gasteiger partial charge in [0.2, 0.25) is 10.0 Å². The second-order valence-corrected chi connectivity index (χ2v) is 12.0. The summed E-state index contributed by atoms with van der Waals surface area (Å²) in [6, 6.07) is 17.3. The molecule has 0 saturated carbocycles. The van der Waals surface area contributed by atoms with Crippen molar-refractivity contribution in [1.82, 2.24) is 10.2 Å². The van der Waals surface area contributed by atoms with Crippen molar-refractivity contribution in [2.75, 3.05) is 35.5 Å². The molecule has 0 aromatic heterocycles. The molecule has 3 aromatic carbocycles. The first-order valence-corrected chi connectivity index (χ1v) is 15.6. The van der Waals surface area contributed by atoms with Gasteiger partial charge in [0.25, 0.3) is 0 Å². The minimum absolute atomic E-state index is 0. The molecule has 0 unspecified atom stereocenters. The third kappa shape index (κ3) is 10.1. The van der Waals surface area contributed by atoms with Crippen molar-refractivity contribution in [3.8, 4) is 11.5 Å². The Kier molecular flexibility index (Phi) is 12.0. The number of anilines is 2. The summed E-state index contributed by atoms with van der Waals surface area (Å²) in [6.07, 6.45) is 4.23. The van der Waals surface area contributed by atoms with E-state index in [2.05, 4.69) is 14.9 Å². The minimum Gasteiger partial charge on any atom is -0.457 e. The smallest absolute Gasteiger partial charge is 0.322 e. The molecule has 0 aliphatic carbocycles. The molecule has 4 rings (SSSR count). The van der Waals surface area contributed by atoms with Crippen molar-refractivity contribution in [2.24, 2.45) is 0 Å². The second-order valence-electron chi connectivity index (χ2n) is 10.3. The van der Waals surface area contributed by atoms with E-state index in [9.17, 15) is 22.0 Å². The molecule has 1 saturated heterocycles. The van der Waals surface area contributed by atoms with E-state index in [1.54, 1.807) is 24.3 Å². The lowest BCUT2D eigenvalue weighted by atomic mass is 10.0. The van der Waals surface area contributed by atoms with E-state index in [-0.39, 0.29) is 30.2 Å². The van der Waals surface area contributed by atoms with Crippen molar-refractivity contribution in [2.45, 2.75) is 45.2 Å². The van der Waals surface area contributed by atoms with Crippen LogP contribution < -0.4 is 19.7 Å². The third-order valence-corrected chi connectivity index (χ3v) is 7.38. The molecule has 1 aliphatic rings. The van der Waals surface area contributed by atoms with E-state index in [1.165, 1.54) is 17.0 Å². The van der Waals surface area contributed by atoms with Crippen LogP contribution in [0.3, 0.4) is 0 Å². The van der Waals surface area contributed by atoms with Crippen LogP contribution in [0.5, 0.6) is 11.5 Å². The Morgan fingerprint density at radius 2 is 1.55 bits per heavy atom. The van der Waals surface area contributed by atoms with Crippen molar-refractivity contribution >= 4 is 39.8 Å². The van der Waals surface area contributed by atoms with Crippen LogP contribution in [0.4, 0.5) is 25.0 Å².